The Balaban J connectivity index is 1.46. The summed E-state index contributed by atoms with van der Waals surface area (Å²) in [6.45, 7) is 3.11. The molecule has 1 aromatic heterocycles. The molecule has 0 amide bonds. The standard InChI is InChI=1S/C21H22N4O5S/c1-15-21(16-6-2-3-7-17(16)22-15)19(26)14-23-10-12-24(13-11-23)31(29,30)20-9-5-4-8-18(20)25(27)28/h2-9,22H,10-14H2,1H3. The van der Waals surface area contributed by atoms with Crippen LogP contribution >= 0.6 is 0 Å². The van der Waals surface area contributed by atoms with Crippen LogP contribution in [0.4, 0.5) is 5.69 Å². The predicted octanol–water partition coefficient (Wildman–Crippen LogP) is 2.57. The Labute approximate surface area is 179 Å². The molecule has 2 aromatic carbocycles. The molecule has 3 aromatic rings. The Kier molecular flexibility index (Phi) is 5.61. The molecule has 0 unspecified atom stereocenters. The van der Waals surface area contributed by atoms with E-state index in [2.05, 4.69) is 4.98 Å². The van der Waals surface area contributed by atoms with E-state index in [9.17, 15) is 23.3 Å². The number of Topliss-reactive ketones (excluding diaryl/α,β-unsaturated/α-hetero) is 1. The molecule has 1 fully saturated rings. The van der Waals surface area contributed by atoms with Gasteiger partial charge in [0, 0.05) is 54.4 Å². The number of carbonyl (C=O) groups is 1. The molecule has 31 heavy (non-hydrogen) atoms. The van der Waals surface area contributed by atoms with Crippen molar-refractivity contribution in [1.29, 1.82) is 0 Å². The summed E-state index contributed by atoms with van der Waals surface area (Å²) in [5.74, 6) is -0.0232. The summed E-state index contributed by atoms with van der Waals surface area (Å²) in [7, 11) is -3.99. The number of hydrogen-bond donors (Lipinski definition) is 1. The Morgan fingerprint density at radius 2 is 1.71 bits per heavy atom. The smallest absolute Gasteiger partial charge is 0.289 e. The van der Waals surface area contributed by atoms with Gasteiger partial charge in [0.2, 0.25) is 10.0 Å². The highest BCUT2D eigenvalue weighted by Gasteiger charge is 2.34. The molecule has 1 N–H and O–H groups in total. The van der Waals surface area contributed by atoms with Crippen LogP contribution in [0, 0.1) is 17.0 Å². The molecule has 1 aliphatic rings. The van der Waals surface area contributed by atoms with E-state index in [1.165, 1.54) is 28.6 Å². The monoisotopic (exact) mass is 442 g/mol. The number of carbonyl (C=O) groups excluding carboxylic acids is 1. The molecule has 0 saturated carbocycles. The number of piperazine rings is 1. The number of nitro benzene ring substituents is 1. The normalized spacial score (nSPS) is 15.9. The highest BCUT2D eigenvalue weighted by Crippen LogP contribution is 2.27. The van der Waals surface area contributed by atoms with E-state index in [0.717, 1.165) is 16.6 Å². The zero-order valence-electron chi connectivity index (χ0n) is 16.9. The lowest BCUT2D eigenvalue weighted by atomic mass is 10.1. The van der Waals surface area contributed by atoms with Gasteiger partial charge < -0.3 is 4.98 Å². The maximum absolute atomic E-state index is 13.0. The second kappa shape index (κ2) is 8.22. The quantitative estimate of drug-likeness (QED) is 0.356. The number of fused-ring (bicyclic) bond motifs is 1. The molecular formula is C21H22N4O5S. The Morgan fingerprint density at radius 3 is 2.42 bits per heavy atom. The van der Waals surface area contributed by atoms with Crippen molar-refractivity contribution in [2.45, 2.75) is 11.8 Å². The van der Waals surface area contributed by atoms with Gasteiger partial charge in [-0.2, -0.15) is 4.31 Å². The van der Waals surface area contributed by atoms with Crippen LogP contribution in [0.5, 0.6) is 0 Å². The Morgan fingerprint density at radius 1 is 1.06 bits per heavy atom. The van der Waals surface area contributed by atoms with Crippen LogP contribution in [0.1, 0.15) is 16.1 Å². The average molecular weight is 442 g/mol. The van der Waals surface area contributed by atoms with Crippen molar-refractivity contribution in [1.82, 2.24) is 14.2 Å². The molecule has 1 aliphatic heterocycles. The summed E-state index contributed by atoms with van der Waals surface area (Å²) < 4.78 is 27.1. The molecule has 1 saturated heterocycles. The average Bonchev–Trinajstić information content (AvgIpc) is 3.10. The number of sulfonamides is 1. The predicted molar refractivity (Wildman–Crippen MR) is 116 cm³/mol. The van der Waals surface area contributed by atoms with Crippen LogP contribution in [-0.2, 0) is 10.0 Å². The fraction of sp³-hybridized carbons (Fsp3) is 0.286. The van der Waals surface area contributed by atoms with Gasteiger partial charge in [0.25, 0.3) is 5.69 Å². The second-order valence-corrected chi connectivity index (χ2v) is 9.41. The number of aromatic nitrogens is 1. The third-order valence-corrected chi connectivity index (χ3v) is 7.50. The van der Waals surface area contributed by atoms with Crippen LogP contribution in [0.3, 0.4) is 0 Å². The first kappa shape index (κ1) is 21.2. The maximum atomic E-state index is 13.0. The summed E-state index contributed by atoms with van der Waals surface area (Å²) >= 11 is 0. The number of aromatic amines is 1. The van der Waals surface area contributed by atoms with E-state index in [1.54, 1.807) is 0 Å². The highest BCUT2D eigenvalue weighted by molar-refractivity contribution is 7.89. The zero-order valence-corrected chi connectivity index (χ0v) is 17.8. The van der Waals surface area contributed by atoms with Crippen LogP contribution in [0.25, 0.3) is 10.9 Å². The van der Waals surface area contributed by atoms with Gasteiger partial charge in [0.1, 0.15) is 0 Å². The molecule has 10 heteroatoms. The number of nitrogens with one attached hydrogen (secondary N) is 1. The van der Waals surface area contributed by atoms with E-state index < -0.39 is 20.6 Å². The molecule has 0 bridgehead atoms. The van der Waals surface area contributed by atoms with Crippen LogP contribution in [0.2, 0.25) is 0 Å². The maximum Gasteiger partial charge on any atom is 0.289 e. The first-order valence-electron chi connectivity index (χ1n) is 9.85. The molecule has 0 aliphatic carbocycles. The molecule has 0 spiro atoms. The largest absolute Gasteiger partial charge is 0.358 e. The number of aryl methyl sites for hydroxylation is 1. The van der Waals surface area contributed by atoms with E-state index in [1.807, 2.05) is 36.1 Å². The molecule has 2 heterocycles. The van der Waals surface area contributed by atoms with Gasteiger partial charge in [0.05, 0.1) is 11.5 Å². The third-order valence-electron chi connectivity index (χ3n) is 5.55. The number of ketones is 1. The van der Waals surface area contributed by atoms with Gasteiger partial charge in [-0.05, 0) is 19.1 Å². The topological polar surface area (TPSA) is 117 Å². The van der Waals surface area contributed by atoms with E-state index in [-0.39, 0.29) is 30.3 Å². The lowest BCUT2D eigenvalue weighted by Gasteiger charge is -2.33. The molecule has 9 nitrogen and oxygen atoms in total. The van der Waals surface area contributed by atoms with Crippen molar-refractivity contribution >= 4 is 32.4 Å². The number of H-pyrrole nitrogens is 1. The Hall–Kier alpha value is -3.08. The number of benzene rings is 2. The zero-order chi connectivity index (χ0) is 22.2. The fourth-order valence-corrected chi connectivity index (χ4v) is 5.59. The highest BCUT2D eigenvalue weighted by atomic mass is 32.2. The third kappa shape index (κ3) is 3.97. The van der Waals surface area contributed by atoms with Crippen LogP contribution in [0.15, 0.2) is 53.4 Å². The lowest BCUT2D eigenvalue weighted by Crippen LogP contribution is -2.49. The summed E-state index contributed by atoms with van der Waals surface area (Å²) in [6.07, 6.45) is 0. The fourth-order valence-electron chi connectivity index (χ4n) is 4.01. The van der Waals surface area contributed by atoms with Crippen molar-refractivity contribution < 1.29 is 18.1 Å². The molecule has 4 rings (SSSR count). The van der Waals surface area contributed by atoms with Crippen molar-refractivity contribution in [2.24, 2.45) is 0 Å². The molecule has 0 radical (unpaired) electrons. The van der Waals surface area contributed by atoms with Gasteiger partial charge >= 0.3 is 0 Å². The minimum Gasteiger partial charge on any atom is -0.358 e. The molecule has 0 atom stereocenters. The summed E-state index contributed by atoms with van der Waals surface area (Å²) in [6, 6.07) is 13.0. The minimum atomic E-state index is -3.99. The van der Waals surface area contributed by atoms with E-state index in [4.69, 9.17) is 0 Å². The first-order chi connectivity index (χ1) is 14.8. The second-order valence-electron chi connectivity index (χ2n) is 7.50. The van der Waals surface area contributed by atoms with Crippen molar-refractivity contribution in [3.63, 3.8) is 0 Å². The molecule has 162 valence electrons. The summed E-state index contributed by atoms with van der Waals surface area (Å²) in [4.78, 5) is 28.3. The van der Waals surface area contributed by atoms with E-state index in [0.29, 0.717) is 18.7 Å². The number of para-hydroxylation sites is 2. The number of hydrogen-bond acceptors (Lipinski definition) is 6. The van der Waals surface area contributed by atoms with Crippen LogP contribution in [-0.4, -0.2) is 66.0 Å². The van der Waals surface area contributed by atoms with Gasteiger partial charge in [-0.3, -0.25) is 19.8 Å². The van der Waals surface area contributed by atoms with Crippen molar-refractivity contribution in [3.8, 4) is 0 Å². The van der Waals surface area contributed by atoms with E-state index >= 15 is 0 Å². The SMILES string of the molecule is Cc1[nH]c2ccccc2c1C(=O)CN1CCN(S(=O)(=O)c2ccccc2[N+](=O)[O-])CC1. The van der Waals surface area contributed by atoms with Crippen molar-refractivity contribution in [3.05, 3.63) is 69.9 Å². The number of rotatable bonds is 6. The lowest BCUT2D eigenvalue weighted by molar-refractivity contribution is -0.387. The van der Waals surface area contributed by atoms with Crippen LogP contribution < -0.4 is 0 Å². The van der Waals surface area contributed by atoms with Gasteiger partial charge in [-0.25, -0.2) is 8.42 Å². The number of nitrogens with zero attached hydrogens (tertiary/aromatic N) is 3. The van der Waals surface area contributed by atoms with Gasteiger partial charge in [-0.15, -0.1) is 0 Å². The Bertz CT molecular complexity index is 1260. The van der Waals surface area contributed by atoms with Gasteiger partial charge in [-0.1, -0.05) is 30.3 Å². The summed E-state index contributed by atoms with van der Waals surface area (Å²) in [5, 5.41) is 12.1. The first-order valence-corrected chi connectivity index (χ1v) is 11.3. The van der Waals surface area contributed by atoms with Gasteiger partial charge in [0.15, 0.2) is 10.7 Å². The summed E-state index contributed by atoms with van der Waals surface area (Å²) in [5.41, 5.74) is 1.94. The minimum absolute atomic E-state index is 0.0232. The van der Waals surface area contributed by atoms with Crippen molar-refractivity contribution in [2.75, 3.05) is 32.7 Å². The molecular weight excluding hydrogens is 420 g/mol. The number of nitro groups is 1.